The average Bonchev–Trinajstić information content (AvgIpc) is 2.94. The zero-order valence-corrected chi connectivity index (χ0v) is 19.7. The second kappa shape index (κ2) is 10.5. The molecule has 34 heavy (non-hydrogen) atoms. The normalized spacial score (nSPS) is 12.4. The zero-order valence-electron chi connectivity index (χ0n) is 19.7. The molecular formula is C26H31N5O3. The molecule has 5 N–H and O–H groups in total. The summed E-state index contributed by atoms with van der Waals surface area (Å²) < 4.78 is 5.57. The van der Waals surface area contributed by atoms with Crippen LogP contribution in [0.2, 0.25) is 0 Å². The SMILES string of the molecule is Cc1ccc(O)cc1Nc1ccnc2c1C(=O)Nc1cc(CNCCCOC(C)C)ccc1N2. The molecular weight excluding hydrogens is 430 g/mol. The highest BCUT2D eigenvalue weighted by Gasteiger charge is 2.24. The molecule has 4 rings (SSSR count). The van der Waals surface area contributed by atoms with E-state index >= 15 is 0 Å². The van der Waals surface area contributed by atoms with Gasteiger partial charge in [0.25, 0.3) is 5.91 Å². The van der Waals surface area contributed by atoms with E-state index < -0.39 is 0 Å². The van der Waals surface area contributed by atoms with Crippen molar-refractivity contribution in [1.29, 1.82) is 0 Å². The summed E-state index contributed by atoms with van der Waals surface area (Å²) in [6.07, 6.45) is 2.83. The Bertz CT molecular complexity index is 1180. The Morgan fingerprint density at radius 1 is 1.06 bits per heavy atom. The van der Waals surface area contributed by atoms with Crippen LogP contribution in [0.4, 0.5) is 28.6 Å². The number of pyridine rings is 1. The molecule has 2 heterocycles. The largest absolute Gasteiger partial charge is 0.508 e. The van der Waals surface area contributed by atoms with Crippen molar-refractivity contribution in [3.05, 3.63) is 65.4 Å². The minimum atomic E-state index is -0.259. The van der Waals surface area contributed by atoms with Crippen molar-refractivity contribution in [3.8, 4) is 5.75 Å². The Morgan fingerprint density at radius 3 is 2.74 bits per heavy atom. The van der Waals surface area contributed by atoms with Gasteiger partial charge in [0.15, 0.2) is 0 Å². The number of phenols is 1. The number of nitrogens with one attached hydrogen (secondary N) is 4. The number of phenolic OH excluding ortho intramolecular Hbond substituents is 1. The van der Waals surface area contributed by atoms with Gasteiger partial charge in [-0.25, -0.2) is 4.98 Å². The van der Waals surface area contributed by atoms with Crippen molar-refractivity contribution in [1.82, 2.24) is 10.3 Å². The van der Waals surface area contributed by atoms with E-state index in [0.29, 0.717) is 29.3 Å². The second-order valence-electron chi connectivity index (χ2n) is 8.62. The molecule has 0 radical (unpaired) electrons. The summed E-state index contributed by atoms with van der Waals surface area (Å²) in [5.74, 6) is 0.359. The highest BCUT2D eigenvalue weighted by atomic mass is 16.5. The molecule has 1 amide bonds. The van der Waals surface area contributed by atoms with Gasteiger partial charge in [-0.3, -0.25) is 4.79 Å². The van der Waals surface area contributed by atoms with Gasteiger partial charge in [0.1, 0.15) is 17.1 Å². The predicted molar refractivity (Wildman–Crippen MR) is 135 cm³/mol. The van der Waals surface area contributed by atoms with Gasteiger partial charge >= 0.3 is 0 Å². The lowest BCUT2D eigenvalue weighted by Crippen LogP contribution is -2.17. The number of aryl methyl sites for hydroxylation is 1. The Balaban J connectivity index is 1.48. The monoisotopic (exact) mass is 461 g/mol. The molecule has 8 heteroatoms. The Labute approximate surface area is 199 Å². The molecule has 0 unspecified atom stereocenters. The Morgan fingerprint density at radius 2 is 1.91 bits per heavy atom. The topological polar surface area (TPSA) is 108 Å². The number of benzene rings is 2. The summed E-state index contributed by atoms with van der Waals surface area (Å²) in [5.41, 5.74) is 5.22. The molecule has 0 aliphatic carbocycles. The maximum absolute atomic E-state index is 13.2. The molecule has 0 bridgehead atoms. The Hall–Kier alpha value is -3.62. The molecule has 2 aromatic carbocycles. The summed E-state index contributed by atoms with van der Waals surface area (Å²) in [5, 5.41) is 22.9. The maximum Gasteiger partial charge on any atom is 0.261 e. The number of carbonyl (C=O) groups excluding carboxylic acids is 1. The van der Waals surface area contributed by atoms with Gasteiger partial charge in [-0.1, -0.05) is 12.1 Å². The van der Waals surface area contributed by atoms with Crippen LogP contribution in [0.3, 0.4) is 0 Å². The zero-order chi connectivity index (χ0) is 24.1. The lowest BCUT2D eigenvalue weighted by molar-refractivity contribution is 0.0770. The number of aromatic hydroxyl groups is 1. The molecule has 0 spiro atoms. The van der Waals surface area contributed by atoms with Crippen LogP contribution in [0.5, 0.6) is 5.75 Å². The minimum Gasteiger partial charge on any atom is -0.508 e. The summed E-state index contributed by atoms with van der Waals surface area (Å²) >= 11 is 0. The number of hydrogen-bond acceptors (Lipinski definition) is 7. The number of anilines is 5. The number of fused-ring (bicyclic) bond motifs is 2. The predicted octanol–water partition coefficient (Wildman–Crippen LogP) is 5.05. The highest BCUT2D eigenvalue weighted by Crippen LogP contribution is 2.36. The van der Waals surface area contributed by atoms with Gasteiger partial charge < -0.3 is 31.1 Å². The van der Waals surface area contributed by atoms with Crippen LogP contribution >= 0.6 is 0 Å². The van der Waals surface area contributed by atoms with E-state index in [9.17, 15) is 9.90 Å². The van der Waals surface area contributed by atoms with Gasteiger partial charge in [-0.05, 0) is 69.1 Å². The third kappa shape index (κ3) is 5.65. The molecule has 1 aliphatic rings. The van der Waals surface area contributed by atoms with E-state index in [1.165, 1.54) is 0 Å². The first-order valence-corrected chi connectivity index (χ1v) is 11.5. The number of carbonyl (C=O) groups is 1. The van der Waals surface area contributed by atoms with Crippen LogP contribution in [-0.4, -0.2) is 35.3 Å². The number of aromatic nitrogens is 1. The van der Waals surface area contributed by atoms with Crippen molar-refractivity contribution >= 4 is 34.5 Å². The fourth-order valence-corrected chi connectivity index (χ4v) is 3.76. The van der Waals surface area contributed by atoms with Gasteiger partial charge in [0.2, 0.25) is 0 Å². The summed E-state index contributed by atoms with van der Waals surface area (Å²) in [7, 11) is 0. The fourth-order valence-electron chi connectivity index (χ4n) is 3.76. The first-order valence-electron chi connectivity index (χ1n) is 11.5. The van der Waals surface area contributed by atoms with Crippen LogP contribution in [0.25, 0.3) is 0 Å². The van der Waals surface area contributed by atoms with E-state index in [1.54, 1.807) is 24.4 Å². The van der Waals surface area contributed by atoms with Crippen LogP contribution in [0.15, 0.2) is 48.7 Å². The van der Waals surface area contributed by atoms with Crippen LogP contribution in [-0.2, 0) is 11.3 Å². The van der Waals surface area contributed by atoms with Crippen molar-refractivity contribution in [3.63, 3.8) is 0 Å². The minimum absolute atomic E-state index is 0.150. The second-order valence-corrected chi connectivity index (χ2v) is 8.62. The molecule has 0 saturated heterocycles. The quantitative estimate of drug-likeness (QED) is 0.284. The van der Waals surface area contributed by atoms with Crippen molar-refractivity contribution in [2.24, 2.45) is 0 Å². The van der Waals surface area contributed by atoms with Gasteiger partial charge in [-0.15, -0.1) is 0 Å². The number of amides is 1. The molecule has 178 valence electrons. The summed E-state index contributed by atoms with van der Waals surface area (Å²) in [6.45, 7) is 8.28. The smallest absolute Gasteiger partial charge is 0.261 e. The summed E-state index contributed by atoms with van der Waals surface area (Å²) in [4.78, 5) is 17.6. The van der Waals surface area contributed by atoms with Crippen molar-refractivity contribution < 1.29 is 14.6 Å². The van der Waals surface area contributed by atoms with E-state index in [1.807, 2.05) is 45.0 Å². The van der Waals surface area contributed by atoms with E-state index in [2.05, 4.69) is 26.3 Å². The number of ether oxygens (including phenoxy) is 1. The van der Waals surface area contributed by atoms with Crippen molar-refractivity contribution in [2.45, 2.75) is 39.8 Å². The number of hydrogen-bond donors (Lipinski definition) is 5. The Kier molecular flexibility index (Phi) is 7.30. The van der Waals surface area contributed by atoms with Crippen LogP contribution in [0, 0.1) is 6.92 Å². The van der Waals surface area contributed by atoms with Gasteiger partial charge in [0.05, 0.1) is 23.2 Å². The first-order chi connectivity index (χ1) is 16.4. The fraction of sp³-hybridized carbons (Fsp3) is 0.308. The van der Waals surface area contributed by atoms with E-state index in [-0.39, 0.29) is 17.8 Å². The average molecular weight is 462 g/mol. The molecule has 3 aromatic rings. The van der Waals surface area contributed by atoms with E-state index in [4.69, 9.17) is 4.74 Å². The third-order valence-corrected chi connectivity index (χ3v) is 5.53. The molecule has 8 nitrogen and oxygen atoms in total. The molecule has 0 fully saturated rings. The molecule has 1 aliphatic heterocycles. The molecule has 1 aromatic heterocycles. The lowest BCUT2D eigenvalue weighted by Gasteiger charge is -2.14. The number of nitrogens with zero attached hydrogens (tertiary/aromatic N) is 1. The van der Waals surface area contributed by atoms with Gasteiger partial charge in [0, 0.05) is 31.1 Å². The van der Waals surface area contributed by atoms with Gasteiger partial charge in [-0.2, -0.15) is 0 Å². The maximum atomic E-state index is 13.2. The third-order valence-electron chi connectivity index (χ3n) is 5.53. The first kappa shape index (κ1) is 23.5. The molecule has 0 saturated carbocycles. The van der Waals surface area contributed by atoms with Crippen LogP contribution < -0.4 is 21.3 Å². The number of rotatable bonds is 9. The molecule has 0 atom stereocenters. The lowest BCUT2D eigenvalue weighted by atomic mass is 10.1. The van der Waals surface area contributed by atoms with Crippen molar-refractivity contribution in [2.75, 3.05) is 29.1 Å². The standard InChI is InChI=1S/C26H31N5O3/c1-16(2)34-12-4-10-27-15-18-6-8-20-23(13-18)31-26(33)24-21(9-11-28-25(24)30-20)29-22-14-19(32)7-5-17(22)3/h5-9,11,13-14,16,27,32H,4,10,12,15H2,1-3H3,(H,31,33)(H2,28,29,30). The highest BCUT2D eigenvalue weighted by molar-refractivity contribution is 6.15. The summed E-state index contributed by atoms with van der Waals surface area (Å²) in [6, 6.07) is 12.8. The van der Waals surface area contributed by atoms with E-state index in [0.717, 1.165) is 42.1 Å². The van der Waals surface area contributed by atoms with Crippen LogP contribution in [0.1, 0.15) is 41.8 Å².